The molecule has 1 amide bonds. The molecule has 2 atom stereocenters. The van der Waals surface area contributed by atoms with Crippen LogP contribution in [-0.2, 0) is 16.0 Å². The van der Waals surface area contributed by atoms with Gasteiger partial charge in [0.1, 0.15) is 0 Å². The Morgan fingerprint density at radius 1 is 1.38 bits per heavy atom. The van der Waals surface area contributed by atoms with E-state index in [-0.39, 0.29) is 11.9 Å². The molecule has 21 heavy (non-hydrogen) atoms. The van der Waals surface area contributed by atoms with Gasteiger partial charge in [-0.05, 0) is 42.9 Å². The lowest BCUT2D eigenvalue weighted by atomic mass is 9.94. The highest BCUT2D eigenvalue weighted by Crippen LogP contribution is 2.22. The standard InChI is InChI=1S/C17H24N2O2/c20-17(6-5-13-8-10-21-12-13)19-11-16-15-4-2-1-3-14(15)7-9-18-16/h1-4,13,16,18H,5-12H2,(H,19,20). The summed E-state index contributed by atoms with van der Waals surface area (Å²) in [6, 6.07) is 8.75. The van der Waals surface area contributed by atoms with Crippen LogP contribution in [0, 0.1) is 5.92 Å². The Labute approximate surface area is 126 Å². The van der Waals surface area contributed by atoms with Crippen LogP contribution in [0.2, 0.25) is 0 Å². The van der Waals surface area contributed by atoms with Crippen molar-refractivity contribution in [3.8, 4) is 0 Å². The lowest BCUT2D eigenvalue weighted by Crippen LogP contribution is -2.38. The fourth-order valence-electron chi connectivity index (χ4n) is 3.23. The van der Waals surface area contributed by atoms with Gasteiger partial charge in [0.05, 0.1) is 0 Å². The van der Waals surface area contributed by atoms with Crippen LogP contribution in [0.5, 0.6) is 0 Å². The van der Waals surface area contributed by atoms with Gasteiger partial charge in [-0.15, -0.1) is 0 Å². The summed E-state index contributed by atoms with van der Waals surface area (Å²) in [7, 11) is 0. The van der Waals surface area contributed by atoms with Crippen LogP contribution in [0.4, 0.5) is 0 Å². The van der Waals surface area contributed by atoms with E-state index < -0.39 is 0 Å². The number of carbonyl (C=O) groups excluding carboxylic acids is 1. The first-order valence-corrected chi connectivity index (χ1v) is 7.98. The van der Waals surface area contributed by atoms with Crippen LogP contribution >= 0.6 is 0 Å². The summed E-state index contributed by atoms with van der Waals surface area (Å²) in [5.41, 5.74) is 2.73. The fourth-order valence-corrected chi connectivity index (χ4v) is 3.23. The molecule has 4 heteroatoms. The molecule has 1 aromatic carbocycles. The summed E-state index contributed by atoms with van der Waals surface area (Å²) in [6.45, 7) is 3.34. The minimum Gasteiger partial charge on any atom is -0.381 e. The highest BCUT2D eigenvalue weighted by Gasteiger charge is 2.20. The fraction of sp³-hybridized carbons (Fsp3) is 0.588. The number of carbonyl (C=O) groups is 1. The van der Waals surface area contributed by atoms with Gasteiger partial charge >= 0.3 is 0 Å². The topological polar surface area (TPSA) is 50.4 Å². The summed E-state index contributed by atoms with van der Waals surface area (Å²) in [5.74, 6) is 0.732. The van der Waals surface area contributed by atoms with Crippen LogP contribution in [0.25, 0.3) is 0 Å². The molecule has 4 nitrogen and oxygen atoms in total. The molecule has 2 aliphatic heterocycles. The minimum absolute atomic E-state index is 0.159. The summed E-state index contributed by atoms with van der Waals surface area (Å²) in [5, 5.41) is 6.57. The Balaban J connectivity index is 1.45. The summed E-state index contributed by atoms with van der Waals surface area (Å²) >= 11 is 0. The molecule has 2 aliphatic rings. The van der Waals surface area contributed by atoms with Gasteiger partial charge in [-0.2, -0.15) is 0 Å². The van der Waals surface area contributed by atoms with E-state index in [4.69, 9.17) is 4.74 Å². The van der Waals surface area contributed by atoms with Crippen LogP contribution in [0.3, 0.4) is 0 Å². The normalized spacial score (nSPS) is 24.6. The Kier molecular flexibility index (Phi) is 4.88. The van der Waals surface area contributed by atoms with E-state index in [0.717, 1.165) is 39.0 Å². The van der Waals surface area contributed by atoms with Crippen molar-refractivity contribution >= 4 is 5.91 Å². The van der Waals surface area contributed by atoms with Gasteiger partial charge in [0.2, 0.25) is 5.91 Å². The maximum absolute atomic E-state index is 12.0. The van der Waals surface area contributed by atoms with Gasteiger partial charge in [-0.3, -0.25) is 4.79 Å². The molecule has 2 N–H and O–H groups in total. The highest BCUT2D eigenvalue weighted by atomic mass is 16.5. The van der Waals surface area contributed by atoms with Crippen molar-refractivity contribution in [3.05, 3.63) is 35.4 Å². The quantitative estimate of drug-likeness (QED) is 0.869. The molecule has 1 saturated heterocycles. The van der Waals surface area contributed by atoms with E-state index in [1.807, 2.05) is 0 Å². The molecule has 0 bridgehead atoms. The number of amides is 1. The van der Waals surface area contributed by atoms with Crippen molar-refractivity contribution in [2.24, 2.45) is 5.92 Å². The molecule has 114 valence electrons. The zero-order chi connectivity index (χ0) is 14.5. The second-order valence-electron chi connectivity index (χ2n) is 6.03. The third-order valence-electron chi connectivity index (χ3n) is 4.52. The number of benzene rings is 1. The first kappa shape index (κ1) is 14.5. The van der Waals surface area contributed by atoms with Crippen LogP contribution in [0.1, 0.15) is 36.4 Å². The smallest absolute Gasteiger partial charge is 0.220 e. The van der Waals surface area contributed by atoms with Crippen LogP contribution in [-0.4, -0.2) is 32.2 Å². The second-order valence-corrected chi connectivity index (χ2v) is 6.03. The first-order chi connectivity index (χ1) is 10.3. The van der Waals surface area contributed by atoms with Gasteiger partial charge in [-0.1, -0.05) is 24.3 Å². The summed E-state index contributed by atoms with van der Waals surface area (Å²) < 4.78 is 5.34. The molecular formula is C17H24N2O2. The van der Waals surface area contributed by atoms with E-state index in [9.17, 15) is 4.79 Å². The van der Waals surface area contributed by atoms with Gasteiger partial charge in [-0.25, -0.2) is 0 Å². The summed E-state index contributed by atoms with van der Waals surface area (Å²) in [4.78, 5) is 12.0. The van der Waals surface area contributed by atoms with Crippen molar-refractivity contribution in [1.82, 2.24) is 10.6 Å². The first-order valence-electron chi connectivity index (χ1n) is 7.98. The number of rotatable bonds is 5. The number of fused-ring (bicyclic) bond motifs is 1. The van der Waals surface area contributed by atoms with Gasteiger partial charge in [0, 0.05) is 32.2 Å². The lowest BCUT2D eigenvalue weighted by Gasteiger charge is -2.27. The van der Waals surface area contributed by atoms with Crippen molar-refractivity contribution < 1.29 is 9.53 Å². The van der Waals surface area contributed by atoms with Crippen molar-refractivity contribution in [3.63, 3.8) is 0 Å². The molecule has 2 heterocycles. The Hall–Kier alpha value is -1.39. The molecule has 1 aromatic rings. The Morgan fingerprint density at radius 3 is 3.14 bits per heavy atom. The predicted octanol–water partition coefficient (Wildman–Crippen LogP) is 1.81. The minimum atomic E-state index is 0.159. The van der Waals surface area contributed by atoms with Crippen LogP contribution < -0.4 is 10.6 Å². The highest BCUT2D eigenvalue weighted by molar-refractivity contribution is 5.75. The Bertz CT molecular complexity index is 483. The number of nitrogens with one attached hydrogen (secondary N) is 2. The maximum atomic E-state index is 12.0. The molecule has 1 fully saturated rings. The average molecular weight is 288 g/mol. The van der Waals surface area contributed by atoms with Crippen molar-refractivity contribution in [2.75, 3.05) is 26.3 Å². The summed E-state index contributed by atoms with van der Waals surface area (Å²) in [6.07, 6.45) is 3.73. The molecule has 0 aromatic heterocycles. The molecule has 3 rings (SSSR count). The molecule has 2 unspecified atom stereocenters. The maximum Gasteiger partial charge on any atom is 0.220 e. The van der Waals surface area contributed by atoms with E-state index in [1.54, 1.807) is 0 Å². The van der Waals surface area contributed by atoms with E-state index in [1.165, 1.54) is 11.1 Å². The van der Waals surface area contributed by atoms with Gasteiger partial charge in [0.25, 0.3) is 0 Å². The monoisotopic (exact) mass is 288 g/mol. The third-order valence-corrected chi connectivity index (χ3v) is 4.52. The molecule has 0 spiro atoms. The van der Waals surface area contributed by atoms with Gasteiger partial charge in [0.15, 0.2) is 0 Å². The average Bonchev–Trinajstić information content (AvgIpc) is 3.04. The van der Waals surface area contributed by atoms with Gasteiger partial charge < -0.3 is 15.4 Å². The van der Waals surface area contributed by atoms with Crippen LogP contribution in [0.15, 0.2) is 24.3 Å². The van der Waals surface area contributed by atoms with Crippen molar-refractivity contribution in [1.29, 1.82) is 0 Å². The number of ether oxygens (including phenoxy) is 1. The largest absolute Gasteiger partial charge is 0.381 e. The molecule has 0 radical (unpaired) electrons. The zero-order valence-corrected chi connectivity index (χ0v) is 12.4. The molecule has 0 aliphatic carbocycles. The lowest BCUT2D eigenvalue weighted by molar-refractivity contribution is -0.121. The zero-order valence-electron chi connectivity index (χ0n) is 12.4. The molecule has 0 saturated carbocycles. The van der Waals surface area contributed by atoms with E-state index >= 15 is 0 Å². The SMILES string of the molecule is O=C(CCC1CCOC1)NCC1NCCc2ccccc21. The van der Waals surface area contributed by atoms with E-state index in [0.29, 0.717) is 18.9 Å². The van der Waals surface area contributed by atoms with E-state index in [2.05, 4.69) is 34.9 Å². The third kappa shape index (κ3) is 3.83. The molecular weight excluding hydrogens is 264 g/mol. The predicted molar refractivity (Wildman–Crippen MR) is 82.1 cm³/mol. The van der Waals surface area contributed by atoms with Crippen molar-refractivity contribution in [2.45, 2.75) is 31.7 Å². The number of hydrogen-bond acceptors (Lipinski definition) is 3. The number of hydrogen-bond donors (Lipinski definition) is 2. The second kappa shape index (κ2) is 7.05. The Morgan fingerprint density at radius 2 is 2.29 bits per heavy atom.